The Kier molecular flexibility index (Phi) is 5.07. The van der Waals surface area contributed by atoms with E-state index in [9.17, 15) is 14.3 Å². The van der Waals surface area contributed by atoms with Crippen LogP contribution in [0.4, 0.5) is 4.39 Å². The Balaban J connectivity index is 1.77. The van der Waals surface area contributed by atoms with Gasteiger partial charge in [-0.05, 0) is 48.6 Å². The molecule has 0 radical (unpaired) electrons. The number of nitrogens with zero attached hydrogens (tertiary/aromatic N) is 3. The Morgan fingerprint density at radius 3 is 2.88 bits per heavy atom. The molecule has 5 N–H and O–H groups in total. The highest BCUT2D eigenvalue weighted by Crippen LogP contribution is 2.45. The fourth-order valence-electron chi connectivity index (χ4n) is 4.05. The van der Waals surface area contributed by atoms with Crippen molar-refractivity contribution in [2.75, 3.05) is 6.54 Å². The number of hydrogen-bond acceptors (Lipinski definition) is 7. The molecule has 1 aliphatic rings. The highest BCUT2D eigenvalue weighted by molar-refractivity contribution is 7.25. The molecule has 9 heteroatoms. The number of rotatable bonds is 6. The first-order valence-corrected chi connectivity index (χ1v) is 11.1. The van der Waals surface area contributed by atoms with Gasteiger partial charge in [-0.15, -0.1) is 11.3 Å². The molecule has 2 aromatic heterocycles. The van der Waals surface area contributed by atoms with Crippen LogP contribution in [0.3, 0.4) is 0 Å². The van der Waals surface area contributed by atoms with Crippen LogP contribution in [0.5, 0.6) is 5.75 Å². The first-order valence-electron chi connectivity index (χ1n) is 10.3. The lowest BCUT2D eigenvalue weighted by molar-refractivity contribution is 0.368. The molecule has 4 aromatic rings. The van der Waals surface area contributed by atoms with E-state index in [1.54, 1.807) is 28.8 Å². The molecule has 0 spiro atoms. The average Bonchev–Trinajstić information content (AvgIpc) is 3.54. The number of aromatic nitrogens is 2. The van der Waals surface area contributed by atoms with E-state index in [1.807, 2.05) is 0 Å². The third-order valence-corrected chi connectivity index (χ3v) is 6.85. The van der Waals surface area contributed by atoms with Crippen LogP contribution < -0.4 is 17.1 Å². The predicted molar refractivity (Wildman–Crippen MR) is 125 cm³/mol. The van der Waals surface area contributed by atoms with Crippen molar-refractivity contribution in [3.8, 4) is 17.1 Å². The maximum Gasteiger partial charge on any atom is 0.263 e. The number of aromatic hydroxyl groups is 1. The minimum Gasteiger partial charge on any atom is -0.506 e. The molecule has 0 atom stereocenters. The van der Waals surface area contributed by atoms with Gasteiger partial charge >= 0.3 is 0 Å². The van der Waals surface area contributed by atoms with Gasteiger partial charge in [0.15, 0.2) is 0 Å². The van der Waals surface area contributed by atoms with Crippen LogP contribution in [0.1, 0.15) is 24.3 Å². The lowest BCUT2D eigenvalue weighted by atomic mass is 10.0. The molecule has 1 fully saturated rings. The molecule has 1 aliphatic carbocycles. The third kappa shape index (κ3) is 3.49. The summed E-state index contributed by atoms with van der Waals surface area (Å²) in [5.74, 6) is 6.47. The zero-order chi connectivity index (χ0) is 22.4. The van der Waals surface area contributed by atoms with Gasteiger partial charge < -0.3 is 15.8 Å². The number of fused-ring (bicyclic) bond motifs is 3. The smallest absolute Gasteiger partial charge is 0.263 e. The molecule has 1 saturated carbocycles. The fraction of sp³-hybridized carbons (Fsp3) is 0.217. The number of nitrogens with two attached hydrogens (primary N) is 2. The van der Waals surface area contributed by atoms with Crippen LogP contribution in [0.2, 0.25) is 0 Å². The second-order valence-corrected chi connectivity index (χ2v) is 8.91. The van der Waals surface area contributed by atoms with E-state index >= 15 is 0 Å². The lowest BCUT2D eigenvalue weighted by Crippen LogP contribution is -2.33. The molecule has 2 heterocycles. The first kappa shape index (κ1) is 20.5. The first-order chi connectivity index (χ1) is 15.5. The topological polar surface area (TPSA) is 110 Å². The van der Waals surface area contributed by atoms with Crippen molar-refractivity contribution < 1.29 is 9.50 Å². The van der Waals surface area contributed by atoms with Crippen LogP contribution in [0.15, 0.2) is 53.6 Å². The van der Waals surface area contributed by atoms with Crippen LogP contribution >= 0.6 is 11.3 Å². The van der Waals surface area contributed by atoms with E-state index < -0.39 is 0 Å². The Morgan fingerprint density at radius 2 is 2.12 bits per heavy atom. The van der Waals surface area contributed by atoms with E-state index in [4.69, 9.17) is 16.6 Å². The number of halogens is 1. The monoisotopic (exact) mass is 451 g/mol. The number of phenols is 1. The second kappa shape index (κ2) is 7.92. The molecule has 32 heavy (non-hydrogen) atoms. The molecule has 2 aromatic carbocycles. The van der Waals surface area contributed by atoms with Crippen LogP contribution in [-0.4, -0.2) is 26.2 Å². The molecular weight excluding hydrogens is 429 g/mol. The van der Waals surface area contributed by atoms with Crippen molar-refractivity contribution >= 4 is 31.6 Å². The minimum absolute atomic E-state index is 0.111. The van der Waals surface area contributed by atoms with Crippen molar-refractivity contribution in [3.05, 3.63) is 70.5 Å². The summed E-state index contributed by atoms with van der Waals surface area (Å²) in [6, 6.07) is 9.73. The molecule has 7 nitrogen and oxygen atoms in total. The molecule has 0 amide bonds. The zero-order valence-electron chi connectivity index (χ0n) is 17.2. The Bertz CT molecular complexity index is 1420. The number of hydrazine groups is 1. The van der Waals surface area contributed by atoms with Crippen LogP contribution in [0.25, 0.3) is 31.7 Å². The van der Waals surface area contributed by atoms with Crippen molar-refractivity contribution in [2.45, 2.75) is 25.3 Å². The number of benzene rings is 2. The molecule has 5 rings (SSSR count). The summed E-state index contributed by atoms with van der Waals surface area (Å²) in [6.07, 6.45) is 4.81. The summed E-state index contributed by atoms with van der Waals surface area (Å²) in [7, 11) is 0. The third-order valence-electron chi connectivity index (χ3n) is 5.73. The molecule has 0 aliphatic heterocycles. The SMILES string of the molecule is N/C=C\N(N)CCn1c(-c2ccc(F)cc2C2CC2)nc2sc3c(O)cccc3c2c1=O. The van der Waals surface area contributed by atoms with Gasteiger partial charge in [-0.25, -0.2) is 15.2 Å². The zero-order valence-corrected chi connectivity index (χ0v) is 18.0. The van der Waals surface area contributed by atoms with Crippen LogP contribution in [-0.2, 0) is 6.54 Å². The standard InChI is InChI=1S/C23H22FN5O2S/c24-14-6-7-15(17(12-14)13-4-5-13)21-27-22-19(16-2-1-3-18(30)20(16)32-22)23(31)29(21)11-10-28(26)9-8-25/h1-3,6-9,12-13,30H,4-5,10-11,25-26H2/b9-8-. The van der Waals surface area contributed by atoms with Gasteiger partial charge in [0, 0.05) is 29.9 Å². The van der Waals surface area contributed by atoms with E-state index in [2.05, 4.69) is 0 Å². The molecule has 0 unspecified atom stereocenters. The van der Waals surface area contributed by atoms with E-state index in [1.165, 1.54) is 40.9 Å². The average molecular weight is 452 g/mol. The quantitative estimate of drug-likeness (QED) is 0.305. The molecule has 164 valence electrons. The van der Waals surface area contributed by atoms with Crippen LogP contribution in [0, 0.1) is 5.82 Å². The van der Waals surface area contributed by atoms with Gasteiger partial charge in [0.2, 0.25) is 0 Å². The maximum atomic E-state index is 14.0. The second-order valence-electron chi connectivity index (χ2n) is 7.91. The van der Waals surface area contributed by atoms with Gasteiger partial charge in [0.25, 0.3) is 5.56 Å². The van der Waals surface area contributed by atoms with E-state index in [0.29, 0.717) is 32.7 Å². The Labute approximate surface area is 187 Å². The minimum atomic E-state index is -0.307. The maximum absolute atomic E-state index is 14.0. The van der Waals surface area contributed by atoms with Gasteiger partial charge in [-0.2, -0.15) is 0 Å². The summed E-state index contributed by atoms with van der Waals surface area (Å²) in [4.78, 5) is 19.1. The van der Waals surface area contributed by atoms with Crippen molar-refractivity contribution in [1.29, 1.82) is 0 Å². The van der Waals surface area contributed by atoms with Gasteiger partial charge in [0.1, 0.15) is 22.2 Å². The Hall–Kier alpha value is -3.43. The summed E-state index contributed by atoms with van der Waals surface area (Å²) < 4.78 is 16.2. The number of thiophene rings is 1. The molecular formula is C23H22FN5O2S. The highest BCUT2D eigenvalue weighted by atomic mass is 32.1. The van der Waals surface area contributed by atoms with Gasteiger partial charge in [0.05, 0.1) is 16.6 Å². The summed E-state index contributed by atoms with van der Waals surface area (Å²) in [5, 5.41) is 12.8. The summed E-state index contributed by atoms with van der Waals surface area (Å²) >= 11 is 1.27. The lowest BCUT2D eigenvalue weighted by Gasteiger charge is -2.18. The number of phenolic OH excluding ortho intramolecular Hbond substituents is 1. The Morgan fingerprint density at radius 1 is 1.31 bits per heavy atom. The fourth-order valence-corrected chi connectivity index (χ4v) is 5.13. The summed E-state index contributed by atoms with van der Waals surface area (Å²) in [6.45, 7) is 0.580. The van der Waals surface area contributed by atoms with Gasteiger partial charge in [-0.3, -0.25) is 9.36 Å². The highest BCUT2D eigenvalue weighted by Gasteiger charge is 2.29. The normalized spacial score (nSPS) is 14.1. The summed E-state index contributed by atoms with van der Waals surface area (Å²) in [5.41, 5.74) is 6.80. The van der Waals surface area contributed by atoms with E-state index in [0.717, 1.165) is 24.0 Å². The number of hydrogen-bond donors (Lipinski definition) is 3. The van der Waals surface area contributed by atoms with Crippen molar-refractivity contribution in [1.82, 2.24) is 14.6 Å². The van der Waals surface area contributed by atoms with Crippen molar-refractivity contribution in [2.24, 2.45) is 11.6 Å². The van der Waals surface area contributed by atoms with E-state index in [-0.39, 0.29) is 29.6 Å². The van der Waals surface area contributed by atoms with Crippen molar-refractivity contribution in [3.63, 3.8) is 0 Å². The molecule has 0 saturated heterocycles. The largest absolute Gasteiger partial charge is 0.506 e. The van der Waals surface area contributed by atoms with Gasteiger partial charge in [-0.1, -0.05) is 12.1 Å². The predicted octanol–water partition coefficient (Wildman–Crippen LogP) is 3.61. The molecule has 0 bridgehead atoms.